The van der Waals surface area contributed by atoms with Crippen LogP contribution in [0.25, 0.3) is 0 Å². The van der Waals surface area contributed by atoms with Crippen molar-refractivity contribution >= 4 is 22.6 Å². The van der Waals surface area contributed by atoms with Crippen LogP contribution in [0, 0.1) is 0 Å². The van der Waals surface area contributed by atoms with Gasteiger partial charge in [0.15, 0.2) is 0 Å². The lowest BCUT2D eigenvalue weighted by Gasteiger charge is -2.22. The van der Waals surface area contributed by atoms with E-state index < -0.39 is 0 Å². The first-order valence-corrected chi connectivity index (χ1v) is 3.66. The summed E-state index contributed by atoms with van der Waals surface area (Å²) in [4.78, 5) is 0. The molecule has 3 nitrogen and oxygen atoms in total. The van der Waals surface area contributed by atoms with Crippen LogP contribution in [0.3, 0.4) is 0 Å². The van der Waals surface area contributed by atoms with E-state index in [4.69, 9.17) is 15.2 Å². The minimum absolute atomic E-state index is 0.0704. The van der Waals surface area contributed by atoms with Gasteiger partial charge in [-0.1, -0.05) is 0 Å². The van der Waals surface area contributed by atoms with Gasteiger partial charge >= 0.3 is 0 Å². The Bertz CT molecular complexity index is 62.4. The highest BCUT2D eigenvalue weighted by Crippen LogP contribution is 2.09. The average molecular weight is 229 g/mol. The van der Waals surface area contributed by atoms with Crippen molar-refractivity contribution in [2.75, 3.05) is 13.2 Å². The molecule has 0 spiro atoms. The van der Waals surface area contributed by atoms with Gasteiger partial charge in [0, 0.05) is 0 Å². The molecule has 8 heavy (non-hydrogen) atoms. The van der Waals surface area contributed by atoms with E-state index in [1.54, 1.807) is 0 Å². The van der Waals surface area contributed by atoms with Crippen molar-refractivity contribution in [1.29, 1.82) is 0 Å². The quantitative estimate of drug-likeness (QED) is 0.472. The number of hydrogen-bond donors (Lipinski definition) is 1. The first kappa shape index (κ1) is 6.73. The number of ether oxygens (including phenoxy) is 2. The Morgan fingerprint density at radius 2 is 1.88 bits per heavy atom. The van der Waals surface area contributed by atoms with Gasteiger partial charge in [-0.3, -0.25) is 0 Å². The molecule has 0 radical (unpaired) electrons. The highest BCUT2D eigenvalue weighted by atomic mass is 127. The topological polar surface area (TPSA) is 44.5 Å². The predicted molar refractivity (Wildman–Crippen MR) is 37.7 cm³/mol. The van der Waals surface area contributed by atoms with Crippen LogP contribution in [0.5, 0.6) is 0 Å². The lowest BCUT2D eigenvalue weighted by Crippen LogP contribution is -2.38. The van der Waals surface area contributed by atoms with E-state index in [1.165, 1.54) is 0 Å². The highest BCUT2D eigenvalue weighted by molar-refractivity contribution is 14.1. The lowest BCUT2D eigenvalue weighted by atomic mass is 10.3. The van der Waals surface area contributed by atoms with Gasteiger partial charge < -0.3 is 15.2 Å². The molecular formula is C4H8INO2. The first-order chi connectivity index (χ1) is 3.79. The summed E-state index contributed by atoms with van der Waals surface area (Å²) in [7, 11) is 0. The molecule has 2 N–H and O–H groups in total. The SMILES string of the molecule is NC1COC(I)OC1. The number of rotatable bonds is 0. The van der Waals surface area contributed by atoms with Crippen molar-refractivity contribution in [3.63, 3.8) is 0 Å². The molecule has 0 aromatic carbocycles. The molecule has 0 aliphatic carbocycles. The van der Waals surface area contributed by atoms with Crippen molar-refractivity contribution in [2.24, 2.45) is 5.73 Å². The van der Waals surface area contributed by atoms with Crippen LogP contribution < -0.4 is 5.73 Å². The largest absolute Gasteiger partial charge is 0.342 e. The van der Waals surface area contributed by atoms with Gasteiger partial charge in [0.25, 0.3) is 0 Å². The Balaban J connectivity index is 2.19. The standard InChI is InChI=1S/C4H8INO2/c5-4-7-1-3(6)2-8-4/h3-4H,1-2,6H2. The van der Waals surface area contributed by atoms with E-state index in [0.29, 0.717) is 13.2 Å². The Morgan fingerprint density at radius 1 is 1.38 bits per heavy atom. The molecular weight excluding hydrogens is 221 g/mol. The van der Waals surface area contributed by atoms with Gasteiger partial charge in [-0.15, -0.1) is 0 Å². The number of nitrogens with two attached hydrogens (primary N) is 1. The summed E-state index contributed by atoms with van der Waals surface area (Å²) < 4.78 is 9.97. The van der Waals surface area contributed by atoms with E-state index in [-0.39, 0.29) is 10.3 Å². The minimum Gasteiger partial charge on any atom is -0.342 e. The summed E-state index contributed by atoms with van der Waals surface area (Å²) in [6.07, 6.45) is 0. The molecule has 1 aliphatic rings. The molecule has 0 amide bonds. The van der Waals surface area contributed by atoms with Gasteiger partial charge in [-0.25, -0.2) is 0 Å². The molecule has 0 aromatic heterocycles. The zero-order valence-corrected chi connectivity index (χ0v) is 6.50. The van der Waals surface area contributed by atoms with Crippen molar-refractivity contribution in [3.05, 3.63) is 0 Å². The summed E-state index contributed by atoms with van der Waals surface area (Å²) in [5.41, 5.74) is 5.44. The third-order valence-corrected chi connectivity index (χ3v) is 1.60. The Hall–Kier alpha value is 0.610. The van der Waals surface area contributed by atoms with E-state index in [2.05, 4.69) is 22.6 Å². The van der Waals surface area contributed by atoms with Crippen molar-refractivity contribution in [3.8, 4) is 0 Å². The third-order valence-electron chi connectivity index (χ3n) is 0.883. The monoisotopic (exact) mass is 229 g/mol. The Labute approximate surface area is 61.7 Å². The molecule has 1 heterocycles. The van der Waals surface area contributed by atoms with Crippen LogP contribution in [-0.4, -0.2) is 23.6 Å². The molecule has 1 aliphatic heterocycles. The summed E-state index contributed by atoms with van der Waals surface area (Å²) >= 11 is 2.07. The second-order valence-electron chi connectivity index (χ2n) is 1.70. The number of hydrogen-bond acceptors (Lipinski definition) is 3. The third kappa shape index (κ3) is 1.85. The predicted octanol–water partition coefficient (Wildman–Crippen LogP) is 0.0791. The second-order valence-corrected chi connectivity index (χ2v) is 2.72. The van der Waals surface area contributed by atoms with Crippen LogP contribution in [0.2, 0.25) is 0 Å². The molecule has 4 heteroatoms. The van der Waals surface area contributed by atoms with Gasteiger partial charge in [-0.2, -0.15) is 0 Å². The molecule has 1 rings (SSSR count). The summed E-state index contributed by atoms with van der Waals surface area (Å²) in [5.74, 6) is 0. The molecule has 0 saturated carbocycles. The first-order valence-electron chi connectivity index (χ1n) is 2.42. The van der Waals surface area contributed by atoms with E-state index in [9.17, 15) is 0 Å². The van der Waals surface area contributed by atoms with Gasteiger partial charge in [0.05, 0.1) is 19.3 Å². The Morgan fingerprint density at radius 3 is 2.25 bits per heavy atom. The minimum atomic E-state index is -0.0904. The molecule has 48 valence electrons. The van der Waals surface area contributed by atoms with E-state index >= 15 is 0 Å². The zero-order valence-electron chi connectivity index (χ0n) is 4.34. The van der Waals surface area contributed by atoms with Gasteiger partial charge in [-0.05, 0) is 22.6 Å². The van der Waals surface area contributed by atoms with E-state index in [1.807, 2.05) is 0 Å². The van der Waals surface area contributed by atoms with Crippen LogP contribution in [0.4, 0.5) is 0 Å². The molecule has 0 aromatic rings. The second kappa shape index (κ2) is 2.95. The summed E-state index contributed by atoms with van der Waals surface area (Å²) in [5, 5.41) is 0. The maximum Gasteiger partial charge on any atom is 0.210 e. The number of alkyl halides is 1. The maximum atomic E-state index is 5.44. The Kier molecular flexibility index (Phi) is 2.48. The van der Waals surface area contributed by atoms with Crippen molar-refractivity contribution in [1.82, 2.24) is 0 Å². The fraction of sp³-hybridized carbons (Fsp3) is 1.00. The van der Waals surface area contributed by atoms with Crippen LogP contribution in [0.1, 0.15) is 0 Å². The van der Waals surface area contributed by atoms with Gasteiger partial charge in [0.2, 0.25) is 4.30 Å². The zero-order chi connectivity index (χ0) is 5.98. The normalized spacial score (nSPS) is 39.8. The lowest BCUT2D eigenvalue weighted by molar-refractivity contribution is -0.120. The molecule has 1 saturated heterocycles. The van der Waals surface area contributed by atoms with Gasteiger partial charge in [0.1, 0.15) is 0 Å². The van der Waals surface area contributed by atoms with Crippen LogP contribution in [0.15, 0.2) is 0 Å². The number of halogens is 1. The smallest absolute Gasteiger partial charge is 0.210 e. The van der Waals surface area contributed by atoms with Crippen molar-refractivity contribution < 1.29 is 9.47 Å². The average Bonchev–Trinajstić information content (AvgIpc) is 1.77. The highest BCUT2D eigenvalue weighted by Gasteiger charge is 2.15. The van der Waals surface area contributed by atoms with Crippen LogP contribution in [-0.2, 0) is 9.47 Å². The summed E-state index contributed by atoms with van der Waals surface area (Å²) in [6.45, 7) is 1.24. The molecule has 0 bridgehead atoms. The van der Waals surface area contributed by atoms with Crippen molar-refractivity contribution in [2.45, 2.75) is 10.3 Å². The molecule has 0 atom stereocenters. The fourth-order valence-electron chi connectivity index (χ4n) is 0.495. The van der Waals surface area contributed by atoms with E-state index in [0.717, 1.165) is 0 Å². The maximum absolute atomic E-state index is 5.44. The molecule has 0 unspecified atom stereocenters. The fourth-order valence-corrected chi connectivity index (χ4v) is 0.910. The summed E-state index contributed by atoms with van der Waals surface area (Å²) in [6, 6.07) is 0.0704. The van der Waals surface area contributed by atoms with Crippen LogP contribution >= 0.6 is 22.6 Å². The molecule has 1 fully saturated rings.